The van der Waals surface area contributed by atoms with Gasteiger partial charge in [0.25, 0.3) is 5.91 Å². The Morgan fingerprint density at radius 2 is 1.74 bits per heavy atom. The number of nitrogens with one attached hydrogen (secondary N) is 1. The van der Waals surface area contributed by atoms with Crippen LogP contribution >= 0.6 is 11.8 Å². The molecule has 34 heavy (non-hydrogen) atoms. The third-order valence-corrected chi connectivity index (χ3v) is 7.75. The van der Waals surface area contributed by atoms with E-state index < -0.39 is 5.54 Å². The number of amides is 1. The van der Waals surface area contributed by atoms with Crippen molar-refractivity contribution in [2.24, 2.45) is 10.9 Å². The number of carbonyl (C=O) groups is 1. The normalized spacial score (nSPS) is 24.1. The standard InChI is InChI=1S/C28H27FN2O2S/c29-25-14-8-7-13-24(25)28-16-15-23(33-18-20-9-3-1-4-10-20)17-22(28)19-34-27(31-28)30-26(32)21-11-5-2-6-12-21/h1-14,22-23H,15-19H2,(H,30,31,32)/t22-,23+,28-/m0/s1. The smallest absolute Gasteiger partial charge is 0.257 e. The van der Waals surface area contributed by atoms with E-state index in [0.29, 0.717) is 29.3 Å². The summed E-state index contributed by atoms with van der Waals surface area (Å²) >= 11 is 1.53. The summed E-state index contributed by atoms with van der Waals surface area (Å²) in [4.78, 5) is 17.8. The van der Waals surface area contributed by atoms with Crippen molar-refractivity contribution in [3.63, 3.8) is 0 Å². The number of benzene rings is 3. The minimum absolute atomic E-state index is 0.0985. The van der Waals surface area contributed by atoms with E-state index in [4.69, 9.17) is 9.73 Å². The quantitative estimate of drug-likeness (QED) is 0.498. The van der Waals surface area contributed by atoms with Crippen molar-refractivity contribution in [3.05, 3.63) is 107 Å². The van der Waals surface area contributed by atoms with Gasteiger partial charge in [-0.3, -0.25) is 9.79 Å². The predicted molar refractivity (Wildman–Crippen MR) is 134 cm³/mol. The van der Waals surface area contributed by atoms with Gasteiger partial charge in [0.1, 0.15) is 5.82 Å². The van der Waals surface area contributed by atoms with Gasteiger partial charge in [-0.15, -0.1) is 0 Å². The molecule has 4 nitrogen and oxygen atoms in total. The lowest BCUT2D eigenvalue weighted by Gasteiger charge is -2.46. The molecule has 0 saturated heterocycles. The molecule has 1 N–H and O–H groups in total. The Labute approximate surface area is 203 Å². The van der Waals surface area contributed by atoms with E-state index in [9.17, 15) is 4.79 Å². The van der Waals surface area contributed by atoms with E-state index in [0.717, 1.165) is 24.2 Å². The molecule has 3 aromatic rings. The first-order valence-electron chi connectivity index (χ1n) is 11.6. The zero-order chi connectivity index (χ0) is 23.4. The van der Waals surface area contributed by atoms with E-state index in [-0.39, 0.29) is 23.7 Å². The molecule has 0 unspecified atom stereocenters. The fourth-order valence-corrected chi connectivity index (χ4v) is 6.11. The number of hydrogen-bond donors (Lipinski definition) is 1. The molecule has 1 aliphatic heterocycles. The third kappa shape index (κ3) is 4.79. The largest absolute Gasteiger partial charge is 0.374 e. The monoisotopic (exact) mass is 474 g/mol. The highest BCUT2D eigenvalue weighted by Gasteiger charge is 2.49. The van der Waals surface area contributed by atoms with Gasteiger partial charge in [0.15, 0.2) is 5.17 Å². The lowest BCUT2D eigenvalue weighted by Crippen LogP contribution is -2.48. The first kappa shape index (κ1) is 22.8. The molecule has 2 aliphatic rings. The highest BCUT2D eigenvalue weighted by Crippen LogP contribution is 2.50. The summed E-state index contributed by atoms with van der Waals surface area (Å²) in [5.41, 5.74) is 1.62. The zero-order valence-corrected chi connectivity index (χ0v) is 19.6. The molecule has 1 fully saturated rings. The fraction of sp³-hybridized carbons (Fsp3) is 0.286. The Morgan fingerprint density at radius 3 is 2.50 bits per heavy atom. The van der Waals surface area contributed by atoms with Crippen LogP contribution in [-0.4, -0.2) is 22.9 Å². The molecule has 0 spiro atoms. The average Bonchev–Trinajstić information content (AvgIpc) is 2.88. The number of nitrogens with zero attached hydrogens (tertiary/aromatic N) is 1. The third-order valence-electron chi connectivity index (χ3n) is 6.72. The van der Waals surface area contributed by atoms with Gasteiger partial charge in [-0.25, -0.2) is 4.39 Å². The van der Waals surface area contributed by atoms with Crippen molar-refractivity contribution in [3.8, 4) is 0 Å². The van der Waals surface area contributed by atoms with Gasteiger partial charge < -0.3 is 10.1 Å². The summed E-state index contributed by atoms with van der Waals surface area (Å²) in [6, 6.07) is 26.1. The Morgan fingerprint density at radius 1 is 1.03 bits per heavy atom. The number of halogens is 1. The van der Waals surface area contributed by atoms with Crippen LogP contribution in [0.4, 0.5) is 4.39 Å². The fourth-order valence-electron chi connectivity index (χ4n) is 4.95. The molecule has 174 valence electrons. The van der Waals surface area contributed by atoms with Crippen LogP contribution in [0.2, 0.25) is 0 Å². The number of fused-ring (bicyclic) bond motifs is 1. The van der Waals surface area contributed by atoms with E-state index in [1.807, 2.05) is 48.5 Å². The average molecular weight is 475 g/mol. The Kier molecular flexibility index (Phi) is 6.79. The lowest BCUT2D eigenvalue weighted by atomic mass is 9.68. The Bertz CT molecular complexity index is 1170. The maximum Gasteiger partial charge on any atom is 0.257 e. The van der Waals surface area contributed by atoms with Gasteiger partial charge in [0.2, 0.25) is 0 Å². The first-order chi connectivity index (χ1) is 16.6. The molecular weight excluding hydrogens is 447 g/mol. The van der Waals surface area contributed by atoms with E-state index in [1.165, 1.54) is 17.8 Å². The van der Waals surface area contributed by atoms with Crippen molar-refractivity contribution < 1.29 is 13.9 Å². The summed E-state index contributed by atoms with van der Waals surface area (Å²) in [7, 11) is 0. The summed E-state index contributed by atoms with van der Waals surface area (Å²) in [6.07, 6.45) is 2.36. The number of hydrogen-bond acceptors (Lipinski definition) is 4. The Hall–Kier alpha value is -2.96. The van der Waals surface area contributed by atoms with Crippen LogP contribution in [0.1, 0.15) is 40.7 Å². The second-order valence-electron chi connectivity index (χ2n) is 8.84. The highest BCUT2D eigenvalue weighted by molar-refractivity contribution is 8.13. The zero-order valence-electron chi connectivity index (χ0n) is 18.8. The maximum absolute atomic E-state index is 15.1. The second-order valence-corrected chi connectivity index (χ2v) is 9.85. The van der Waals surface area contributed by atoms with Crippen molar-refractivity contribution in [1.82, 2.24) is 5.32 Å². The van der Waals surface area contributed by atoms with E-state index in [2.05, 4.69) is 17.4 Å². The molecule has 1 heterocycles. The van der Waals surface area contributed by atoms with Crippen molar-refractivity contribution in [2.45, 2.75) is 37.5 Å². The first-order valence-corrected chi connectivity index (χ1v) is 12.6. The minimum Gasteiger partial charge on any atom is -0.374 e. The molecular formula is C28H27FN2O2S. The van der Waals surface area contributed by atoms with Gasteiger partial charge in [-0.2, -0.15) is 0 Å². The number of carbonyl (C=O) groups excluding carboxylic acids is 1. The summed E-state index contributed by atoms with van der Waals surface area (Å²) < 4.78 is 21.3. The molecule has 5 rings (SSSR count). The van der Waals surface area contributed by atoms with Crippen LogP contribution in [0.15, 0.2) is 89.9 Å². The molecule has 0 aromatic heterocycles. The number of rotatable bonds is 5. The molecule has 1 saturated carbocycles. The number of aliphatic imine (C=N–C) groups is 1. The van der Waals surface area contributed by atoms with Crippen LogP contribution in [0.25, 0.3) is 0 Å². The van der Waals surface area contributed by atoms with Crippen molar-refractivity contribution in [1.29, 1.82) is 0 Å². The number of amidine groups is 1. The Balaban J connectivity index is 1.38. The summed E-state index contributed by atoms with van der Waals surface area (Å²) in [5, 5.41) is 3.51. The van der Waals surface area contributed by atoms with Gasteiger partial charge in [-0.1, -0.05) is 78.5 Å². The predicted octanol–water partition coefficient (Wildman–Crippen LogP) is 5.94. The molecule has 1 amide bonds. The van der Waals surface area contributed by atoms with E-state index in [1.54, 1.807) is 18.2 Å². The van der Waals surface area contributed by atoms with Gasteiger partial charge in [0, 0.05) is 22.8 Å². The molecule has 1 aliphatic carbocycles. The van der Waals surface area contributed by atoms with Crippen LogP contribution < -0.4 is 5.32 Å². The highest BCUT2D eigenvalue weighted by atomic mass is 32.2. The number of ether oxygens (including phenoxy) is 1. The lowest BCUT2D eigenvalue weighted by molar-refractivity contribution is -0.0169. The summed E-state index contributed by atoms with van der Waals surface area (Å²) in [5.74, 6) is 0.406. The topological polar surface area (TPSA) is 50.7 Å². The minimum atomic E-state index is -0.706. The van der Waals surface area contributed by atoms with E-state index >= 15 is 4.39 Å². The maximum atomic E-state index is 15.1. The van der Waals surface area contributed by atoms with Gasteiger partial charge >= 0.3 is 0 Å². The van der Waals surface area contributed by atoms with Gasteiger partial charge in [-0.05, 0) is 43.0 Å². The number of thioether (sulfide) groups is 1. The summed E-state index contributed by atoms with van der Waals surface area (Å²) in [6.45, 7) is 0.569. The van der Waals surface area contributed by atoms with Crippen LogP contribution in [0.3, 0.4) is 0 Å². The van der Waals surface area contributed by atoms with Crippen LogP contribution in [0, 0.1) is 11.7 Å². The van der Waals surface area contributed by atoms with Crippen LogP contribution in [-0.2, 0) is 16.9 Å². The molecule has 3 atom stereocenters. The SMILES string of the molecule is O=C(NC1=N[C@@]2(c3ccccc3F)CC[C@@H](OCc3ccccc3)C[C@H]2CS1)c1ccccc1. The van der Waals surface area contributed by atoms with Crippen molar-refractivity contribution in [2.75, 3.05) is 5.75 Å². The molecule has 0 bridgehead atoms. The molecule has 0 radical (unpaired) electrons. The molecule has 6 heteroatoms. The second kappa shape index (κ2) is 10.1. The van der Waals surface area contributed by atoms with Crippen molar-refractivity contribution >= 4 is 22.8 Å². The van der Waals surface area contributed by atoms with Crippen LogP contribution in [0.5, 0.6) is 0 Å². The molecule has 3 aromatic carbocycles. The van der Waals surface area contributed by atoms with Gasteiger partial charge in [0.05, 0.1) is 18.2 Å².